The van der Waals surface area contributed by atoms with Gasteiger partial charge in [-0.3, -0.25) is 0 Å². The van der Waals surface area contributed by atoms with Crippen LogP contribution in [0.3, 0.4) is 0 Å². The van der Waals surface area contributed by atoms with Gasteiger partial charge >= 0.3 is 0 Å². The normalized spacial score (nSPS) is 12.2. The average molecular weight is 392 g/mol. The third kappa shape index (κ3) is 3.87. The number of rotatable bonds is 6. The zero-order valence-electron chi connectivity index (χ0n) is 15.3. The second-order valence-electron chi connectivity index (χ2n) is 6.48. The van der Waals surface area contributed by atoms with Gasteiger partial charge in [-0.2, -0.15) is 0 Å². The lowest BCUT2D eigenvalue weighted by molar-refractivity contribution is 0.105. The maximum atomic E-state index is 9.48. The molecular formula is C21H20N4O2S. The van der Waals surface area contributed by atoms with E-state index >= 15 is 0 Å². The fraction of sp³-hybridized carbons (Fsp3) is 0.190. The summed E-state index contributed by atoms with van der Waals surface area (Å²) >= 11 is 1.59. The monoisotopic (exact) mass is 392 g/mol. The Bertz CT molecular complexity index is 1110. The van der Waals surface area contributed by atoms with Crippen LogP contribution >= 0.6 is 11.3 Å². The quantitative estimate of drug-likeness (QED) is 0.465. The molecule has 4 rings (SSSR count). The predicted molar refractivity (Wildman–Crippen MR) is 112 cm³/mol. The van der Waals surface area contributed by atoms with Gasteiger partial charge in [0.1, 0.15) is 5.01 Å². The van der Waals surface area contributed by atoms with Crippen LogP contribution in [-0.2, 0) is 0 Å². The zero-order chi connectivity index (χ0) is 19.5. The van der Waals surface area contributed by atoms with Gasteiger partial charge in [-0.15, -0.1) is 11.3 Å². The van der Waals surface area contributed by atoms with E-state index in [2.05, 4.69) is 45.6 Å². The maximum absolute atomic E-state index is 9.48. The van der Waals surface area contributed by atoms with E-state index in [4.69, 9.17) is 10.1 Å². The summed E-state index contributed by atoms with van der Waals surface area (Å²) in [6.45, 7) is 1.85. The number of thiazole rings is 1. The molecule has 6 nitrogen and oxygen atoms in total. The van der Waals surface area contributed by atoms with Crippen molar-refractivity contribution in [3.63, 3.8) is 0 Å². The average Bonchev–Trinajstić information content (AvgIpc) is 3.13. The van der Waals surface area contributed by atoms with Crippen molar-refractivity contribution in [3.8, 4) is 21.1 Å². The number of aliphatic hydroxyl groups excluding tert-OH is 2. The smallest absolute Gasteiger partial charge is 0.223 e. The topological polar surface area (TPSA) is 91.2 Å². The standard InChI is InChI=1S/C21H20N4O2S/c1-13-19(18-8-9-22-21(25-18)23-11-17(27)12-26)28-20(24-13)16-7-6-14-4-2-3-5-15(14)10-16/h2-10,17,26-27H,11-12H2,1H3,(H,22,23,25). The number of benzene rings is 2. The van der Waals surface area contributed by atoms with Crippen molar-refractivity contribution < 1.29 is 10.2 Å². The molecule has 0 aliphatic carbocycles. The van der Waals surface area contributed by atoms with Crippen molar-refractivity contribution in [2.24, 2.45) is 0 Å². The van der Waals surface area contributed by atoms with Crippen LogP contribution in [0, 0.1) is 6.92 Å². The van der Waals surface area contributed by atoms with E-state index in [0.29, 0.717) is 5.95 Å². The Kier molecular flexibility index (Phi) is 5.29. The molecule has 0 spiro atoms. The van der Waals surface area contributed by atoms with Crippen LogP contribution in [0.5, 0.6) is 0 Å². The van der Waals surface area contributed by atoms with E-state index in [1.54, 1.807) is 17.5 Å². The second kappa shape index (κ2) is 8.02. The molecular weight excluding hydrogens is 372 g/mol. The minimum Gasteiger partial charge on any atom is -0.394 e. The first-order chi connectivity index (χ1) is 13.6. The van der Waals surface area contributed by atoms with E-state index < -0.39 is 6.10 Å². The van der Waals surface area contributed by atoms with Gasteiger partial charge in [-0.25, -0.2) is 15.0 Å². The molecule has 4 aromatic rings. The van der Waals surface area contributed by atoms with Crippen LogP contribution in [-0.4, -0.2) is 44.4 Å². The number of aryl methyl sites for hydroxylation is 1. The summed E-state index contributed by atoms with van der Waals surface area (Å²) in [6, 6.07) is 16.5. The van der Waals surface area contributed by atoms with E-state index in [9.17, 15) is 5.11 Å². The first kappa shape index (κ1) is 18.5. The molecule has 28 heavy (non-hydrogen) atoms. The Balaban J connectivity index is 1.64. The lowest BCUT2D eigenvalue weighted by Gasteiger charge is -2.09. The summed E-state index contributed by atoms with van der Waals surface area (Å²) < 4.78 is 0. The van der Waals surface area contributed by atoms with Gasteiger partial charge in [0.15, 0.2) is 0 Å². The van der Waals surface area contributed by atoms with E-state index in [-0.39, 0.29) is 13.2 Å². The van der Waals surface area contributed by atoms with Crippen LogP contribution in [0.2, 0.25) is 0 Å². The summed E-state index contributed by atoms with van der Waals surface area (Å²) in [4.78, 5) is 14.4. The SMILES string of the molecule is Cc1nc(-c2ccc3ccccc3c2)sc1-c1ccnc(NCC(O)CO)n1. The molecule has 0 radical (unpaired) electrons. The van der Waals surface area contributed by atoms with Crippen molar-refractivity contribution in [2.45, 2.75) is 13.0 Å². The Hall–Kier alpha value is -2.87. The molecule has 2 heterocycles. The van der Waals surface area contributed by atoms with Gasteiger partial charge in [0.05, 0.1) is 29.0 Å². The summed E-state index contributed by atoms with van der Waals surface area (Å²) in [5.74, 6) is 0.407. The third-order valence-corrected chi connectivity index (χ3v) is 5.62. The Morgan fingerprint density at radius 1 is 1.07 bits per heavy atom. The van der Waals surface area contributed by atoms with Crippen molar-refractivity contribution in [2.75, 3.05) is 18.5 Å². The minimum absolute atomic E-state index is 0.184. The largest absolute Gasteiger partial charge is 0.394 e. The van der Waals surface area contributed by atoms with Crippen LogP contribution in [0.4, 0.5) is 5.95 Å². The van der Waals surface area contributed by atoms with Crippen LogP contribution < -0.4 is 5.32 Å². The molecule has 0 saturated carbocycles. The van der Waals surface area contributed by atoms with Gasteiger partial charge in [-0.1, -0.05) is 36.4 Å². The van der Waals surface area contributed by atoms with E-state index in [1.165, 1.54) is 10.8 Å². The number of aromatic nitrogens is 3. The van der Waals surface area contributed by atoms with Gasteiger partial charge in [0, 0.05) is 18.3 Å². The predicted octanol–water partition coefficient (Wildman–Crippen LogP) is 3.49. The van der Waals surface area contributed by atoms with Crippen molar-refractivity contribution in [3.05, 3.63) is 60.4 Å². The molecule has 0 fully saturated rings. The Labute approximate surface area is 166 Å². The fourth-order valence-corrected chi connectivity index (χ4v) is 3.96. The van der Waals surface area contributed by atoms with E-state index in [0.717, 1.165) is 26.8 Å². The van der Waals surface area contributed by atoms with Gasteiger partial charge < -0.3 is 15.5 Å². The third-order valence-electron chi connectivity index (χ3n) is 4.39. The summed E-state index contributed by atoms with van der Waals surface area (Å²) in [5.41, 5.74) is 2.77. The molecule has 1 atom stereocenters. The number of nitrogens with one attached hydrogen (secondary N) is 1. The summed E-state index contributed by atoms with van der Waals surface area (Å²) in [5, 5.41) is 24.7. The fourth-order valence-electron chi connectivity index (χ4n) is 2.92. The van der Waals surface area contributed by atoms with Crippen LogP contribution in [0.1, 0.15) is 5.69 Å². The number of anilines is 1. The van der Waals surface area contributed by atoms with Gasteiger partial charge in [0.25, 0.3) is 0 Å². The molecule has 0 aliphatic heterocycles. The van der Waals surface area contributed by atoms with Gasteiger partial charge in [-0.05, 0) is 29.8 Å². The highest BCUT2D eigenvalue weighted by atomic mass is 32.1. The highest BCUT2D eigenvalue weighted by molar-refractivity contribution is 7.18. The van der Waals surface area contributed by atoms with Crippen molar-refractivity contribution in [1.82, 2.24) is 15.0 Å². The first-order valence-corrected chi connectivity index (χ1v) is 9.78. The highest BCUT2D eigenvalue weighted by Gasteiger charge is 2.14. The number of aliphatic hydroxyl groups is 2. The van der Waals surface area contributed by atoms with E-state index in [1.807, 2.05) is 25.1 Å². The second-order valence-corrected chi connectivity index (χ2v) is 7.48. The molecule has 1 unspecified atom stereocenters. The highest BCUT2D eigenvalue weighted by Crippen LogP contribution is 2.35. The van der Waals surface area contributed by atoms with Crippen molar-refractivity contribution in [1.29, 1.82) is 0 Å². The Morgan fingerprint density at radius 2 is 1.89 bits per heavy atom. The molecule has 142 valence electrons. The lowest BCUT2D eigenvalue weighted by atomic mass is 10.1. The maximum Gasteiger partial charge on any atom is 0.223 e. The number of fused-ring (bicyclic) bond motifs is 1. The van der Waals surface area contributed by atoms with Gasteiger partial charge in [0.2, 0.25) is 5.95 Å². The number of nitrogens with zero attached hydrogens (tertiary/aromatic N) is 3. The molecule has 3 N–H and O–H groups in total. The molecule has 0 saturated heterocycles. The molecule has 0 aliphatic rings. The summed E-state index contributed by atoms with van der Waals surface area (Å²) in [6.07, 6.45) is 0.821. The summed E-state index contributed by atoms with van der Waals surface area (Å²) in [7, 11) is 0. The lowest BCUT2D eigenvalue weighted by Crippen LogP contribution is -2.23. The molecule has 0 amide bonds. The zero-order valence-corrected chi connectivity index (χ0v) is 16.1. The number of hydrogen-bond acceptors (Lipinski definition) is 7. The molecule has 0 bridgehead atoms. The van der Waals surface area contributed by atoms with Crippen LogP contribution in [0.15, 0.2) is 54.7 Å². The minimum atomic E-state index is -0.850. The first-order valence-electron chi connectivity index (χ1n) is 8.97. The van der Waals surface area contributed by atoms with Crippen molar-refractivity contribution >= 4 is 28.1 Å². The molecule has 2 aromatic heterocycles. The van der Waals surface area contributed by atoms with Crippen LogP contribution in [0.25, 0.3) is 31.9 Å². The molecule has 7 heteroatoms. The Morgan fingerprint density at radius 3 is 2.71 bits per heavy atom. The molecule has 2 aromatic carbocycles. The number of hydrogen-bond donors (Lipinski definition) is 3.